The number of nitrogens with zero attached hydrogens (tertiary/aromatic N) is 2. The minimum absolute atomic E-state index is 0. The van der Waals surface area contributed by atoms with E-state index in [0.29, 0.717) is 24.3 Å². The molecule has 1 aromatic rings. The second kappa shape index (κ2) is 14.1. The number of aliphatic hydroxyl groups is 1. The number of aromatic nitrogens is 1. The highest BCUT2D eigenvalue weighted by Crippen LogP contribution is 2.15. The van der Waals surface area contributed by atoms with Crippen LogP contribution in [0.25, 0.3) is 0 Å². The molecule has 0 spiro atoms. The normalized spacial score (nSPS) is 12.5. The number of ether oxygens (including phenoxy) is 1. The average molecular weight is 464 g/mol. The second-order valence-electron chi connectivity index (χ2n) is 6.26. The van der Waals surface area contributed by atoms with Gasteiger partial charge in [0.2, 0.25) is 5.88 Å². The van der Waals surface area contributed by atoms with E-state index >= 15 is 0 Å². The van der Waals surface area contributed by atoms with Gasteiger partial charge in [0.1, 0.15) is 0 Å². The predicted octanol–water partition coefficient (Wildman–Crippen LogP) is 2.81. The van der Waals surface area contributed by atoms with E-state index in [0.717, 1.165) is 37.5 Å². The van der Waals surface area contributed by atoms with Gasteiger partial charge in [0, 0.05) is 31.5 Å². The van der Waals surface area contributed by atoms with Gasteiger partial charge in [0.25, 0.3) is 0 Å². The molecule has 1 atom stereocenters. The summed E-state index contributed by atoms with van der Waals surface area (Å²) in [6.45, 7) is 8.78. The van der Waals surface area contributed by atoms with Crippen LogP contribution >= 0.6 is 24.0 Å². The lowest BCUT2D eigenvalue weighted by Crippen LogP contribution is -2.40. The summed E-state index contributed by atoms with van der Waals surface area (Å²) in [5, 5.41) is 15.9. The van der Waals surface area contributed by atoms with Crippen LogP contribution in [0.4, 0.5) is 0 Å². The van der Waals surface area contributed by atoms with Crippen LogP contribution in [0.3, 0.4) is 0 Å². The zero-order valence-electron chi connectivity index (χ0n) is 15.8. The summed E-state index contributed by atoms with van der Waals surface area (Å²) in [5.74, 6) is 2.43. The van der Waals surface area contributed by atoms with Gasteiger partial charge in [-0.1, -0.05) is 19.9 Å². The molecule has 0 aliphatic carbocycles. The molecule has 0 aliphatic rings. The van der Waals surface area contributed by atoms with Gasteiger partial charge in [-0.2, -0.15) is 0 Å². The van der Waals surface area contributed by atoms with E-state index in [1.54, 1.807) is 13.3 Å². The summed E-state index contributed by atoms with van der Waals surface area (Å²) in [5.41, 5.74) is 0.950. The molecule has 0 radical (unpaired) electrons. The number of rotatable bonds is 10. The molecule has 6 nitrogen and oxygen atoms in total. The van der Waals surface area contributed by atoms with Crippen molar-refractivity contribution in [2.75, 3.05) is 26.8 Å². The molecule has 0 bridgehead atoms. The van der Waals surface area contributed by atoms with Gasteiger partial charge in [-0.05, 0) is 37.7 Å². The van der Waals surface area contributed by atoms with Gasteiger partial charge >= 0.3 is 0 Å². The fourth-order valence-corrected chi connectivity index (χ4v) is 2.63. The number of halogens is 1. The van der Waals surface area contributed by atoms with Crippen molar-refractivity contribution in [1.29, 1.82) is 0 Å². The fourth-order valence-electron chi connectivity index (χ4n) is 2.63. The van der Waals surface area contributed by atoms with Crippen molar-refractivity contribution in [3.8, 4) is 5.88 Å². The number of hydrogen-bond acceptors (Lipinski definition) is 4. The van der Waals surface area contributed by atoms with Crippen LogP contribution in [0.5, 0.6) is 5.88 Å². The van der Waals surface area contributed by atoms with Crippen molar-refractivity contribution >= 4 is 29.9 Å². The molecule has 1 rings (SSSR count). The molecular formula is C18H33IN4O2. The standard InChI is InChI=1S/C18H32N4O2.HI/c1-5-19-18(21-12-15(8-10-23)11-14(2)3)22-13-16-7-6-9-20-17(16)24-4;/h6-7,9,14-15,23H,5,8,10-13H2,1-4H3,(H2,19,21,22);1H. The average Bonchev–Trinajstić information content (AvgIpc) is 2.57. The summed E-state index contributed by atoms with van der Waals surface area (Å²) in [4.78, 5) is 8.81. The first kappa shape index (κ1) is 23.9. The Balaban J connectivity index is 0.00000576. The van der Waals surface area contributed by atoms with Crippen LogP contribution in [0.15, 0.2) is 23.3 Å². The molecule has 0 saturated heterocycles. The molecule has 1 heterocycles. The molecule has 0 aromatic carbocycles. The lowest BCUT2D eigenvalue weighted by Gasteiger charge is -2.20. The maximum Gasteiger partial charge on any atom is 0.218 e. The predicted molar refractivity (Wildman–Crippen MR) is 114 cm³/mol. The molecule has 1 unspecified atom stereocenters. The van der Waals surface area contributed by atoms with Crippen LogP contribution < -0.4 is 15.4 Å². The van der Waals surface area contributed by atoms with E-state index in [4.69, 9.17) is 4.74 Å². The molecule has 3 N–H and O–H groups in total. The number of aliphatic imine (C=N–C) groups is 1. The van der Waals surface area contributed by atoms with Crippen LogP contribution in [0, 0.1) is 11.8 Å². The SMILES string of the molecule is CCNC(=NCc1cccnc1OC)NCC(CCO)CC(C)C.I. The number of hydrogen-bond donors (Lipinski definition) is 3. The summed E-state index contributed by atoms with van der Waals surface area (Å²) >= 11 is 0. The smallest absolute Gasteiger partial charge is 0.218 e. The van der Waals surface area contributed by atoms with Crippen LogP contribution in [0.1, 0.15) is 39.2 Å². The highest BCUT2D eigenvalue weighted by molar-refractivity contribution is 14.0. The molecule has 7 heteroatoms. The van der Waals surface area contributed by atoms with Crippen LogP contribution in [-0.2, 0) is 6.54 Å². The van der Waals surface area contributed by atoms with Gasteiger partial charge < -0.3 is 20.5 Å². The quantitative estimate of drug-likeness (QED) is 0.282. The number of pyridine rings is 1. The van der Waals surface area contributed by atoms with Crippen molar-refractivity contribution in [3.63, 3.8) is 0 Å². The monoisotopic (exact) mass is 464 g/mol. The third kappa shape index (κ3) is 9.84. The molecule has 144 valence electrons. The van der Waals surface area contributed by atoms with Crippen LogP contribution in [-0.4, -0.2) is 42.9 Å². The Bertz CT molecular complexity index is 498. The van der Waals surface area contributed by atoms with E-state index in [-0.39, 0.29) is 30.6 Å². The van der Waals surface area contributed by atoms with Crippen molar-refractivity contribution in [2.45, 2.75) is 40.2 Å². The highest BCUT2D eigenvalue weighted by atomic mass is 127. The van der Waals surface area contributed by atoms with Crippen molar-refractivity contribution in [3.05, 3.63) is 23.9 Å². The molecule has 1 aromatic heterocycles. The first-order valence-electron chi connectivity index (χ1n) is 8.71. The first-order valence-corrected chi connectivity index (χ1v) is 8.71. The minimum Gasteiger partial charge on any atom is -0.481 e. The van der Waals surface area contributed by atoms with E-state index in [9.17, 15) is 5.11 Å². The number of nitrogens with one attached hydrogen (secondary N) is 2. The topological polar surface area (TPSA) is 78.8 Å². The lowest BCUT2D eigenvalue weighted by molar-refractivity contribution is 0.243. The molecule has 0 aliphatic heterocycles. The van der Waals surface area contributed by atoms with Crippen LogP contribution in [0.2, 0.25) is 0 Å². The third-order valence-corrected chi connectivity index (χ3v) is 3.70. The lowest BCUT2D eigenvalue weighted by atomic mass is 9.94. The minimum atomic E-state index is 0. The van der Waals surface area contributed by atoms with E-state index < -0.39 is 0 Å². The molecule has 0 saturated carbocycles. The van der Waals surface area contributed by atoms with Gasteiger partial charge in [0.05, 0.1) is 13.7 Å². The second-order valence-corrected chi connectivity index (χ2v) is 6.26. The molecular weight excluding hydrogens is 431 g/mol. The Labute approximate surface area is 168 Å². The van der Waals surface area contributed by atoms with Crippen molar-refractivity contribution in [2.24, 2.45) is 16.8 Å². The van der Waals surface area contributed by atoms with Gasteiger partial charge in [-0.3, -0.25) is 0 Å². The molecule has 0 amide bonds. The van der Waals surface area contributed by atoms with Crippen molar-refractivity contribution in [1.82, 2.24) is 15.6 Å². The maximum absolute atomic E-state index is 9.23. The molecule has 25 heavy (non-hydrogen) atoms. The Morgan fingerprint density at radius 3 is 2.72 bits per heavy atom. The number of aliphatic hydroxyl groups excluding tert-OH is 1. The summed E-state index contributed by atoms with van der Waals surface area (Å²) in [6.07, 6.45) is 3.60. The number of methoxy groups -OCH3 is 1. The van der Waals surface area contributed by atoms with E-state index in [2.05, 4.69) is 34.5 Å². The Morgan fingerprint density at radius 1 is 1.36 bits per heavy atom. The Hall–Kier alpha value is -1.09. The van der Waals surface area contributed by atoms with E-state index in [1.165, 1.54) is 0 Å². The summed E-state index contributed by atoms with van der Waals surface area (Å²) in [7, 11) is 1.62. The fraction of sp³-hybridized carbons (Fsp3) is 0.667. The molecule has 0 fully saturated rings. The zero-order valence-corrected chi connectivity index (χ0v) is 18.1. The van der Waals surface area contributed by atoms with Crippen molar-refractivity contribution < 1.29 is 9.84 Å². The maximum atomic E-state index is 9.23. The highest BCUT2D eigenvalue weighted by Gasteiger charge is 2.11. The zero-order chi connectivity index (χ0) is 17.8. The third-order valence-electron chi connectivity index (χ3n) is 3.70. The Morgan fingerprint density at radius 2 is 2.12 bits per heavy atom. The Kier molecular flexibility index (Phi) is 13.5. The summed E-state index contributed by atoms with van der Waals surface area (Å²) < 4.78 is 5.26. The van der Waals surface area contributed by atoms with Gasteiger partial charge in [0.15, 0.2) is 5.96 Å². The van der Waals surface area contributed by atoms with Gasteiger partial charge in [-0.25, -0.2) is 9.98 Å². The van der Waals surface area contributed by atoms with Gasteiger partial charge in [-0.15, -0.1) is 24.0 Å². The number of guanidine groups is 1. The van der Waals surface area contributed by atoms with E-state index in [1.807, 2.05) is 19.1 Å². The first-order chi connectivity index (χ1) is 11.6. The summed E-state index contributed by atoms with van der Waals surface area (Å²) in [6, 6.07) is 3.85. The largest absolute Gasteiger partial charge is 0.481 e.